The van der Waals surface area contributed by atoms with Crippen molar-refractivity contribution in [3.8, 4) is 0 Å². The highest BCUT2D eigenvalue weighted by atomic mass is 19.4. The van der Waals surface area contributed by atoms with E-state index >= 15 is 0 Å². The fourth-order valence-corrected chi connectivity index (χ4v) is 2.64. The quantitative estimate of drug-likeness (QED) is 0.834. The molecule has 0 spiro atoms. The molecule has 2 rings (SSSR count). The molecule has 8 heteroatoms. The number of amides is 1. The van der Waals surface area contributed by atoms with E-state index in [4.69, 9.17) is 0 Å². The maximum absolute atomic E-state index is 12.5. The van der Waals surface area contributed by atoms with Crippen molar-refractivity contribution in [2.24, 2.45) is 5.92 Å². The Morgan fingerprint density at radius 1 is 1.36 bits per heavy atom. The summed E-state index contributed by atoms with van der Waals surface area (Å²) in [4.78, 5) is 23.4. The standard InChI is InChI=1S/C14H19F3N4O/c1-10-7-20(9-14(15,16)17)5-6-21(8-10)13(22)12-3-4-18-11(2)19-12/h3-4,10H,5-9H2,1-2H3. The number of carbonyl (C=O) groups excluding carboxylic acids is 1. The van der Waals surface area contributed by atoms with Crippen LogP contribution in [0.2, 0.25) is 0 Å². The summed E-state index contributed by atoms with van der Waals surface area (Å²) in [5.74, 6) is 0.204. The van der Waals surface area contributed by atoms with Crippen LogP contribution in [0.1, 0.15) is 23.2 Å². The SMILES string of the molecule is Cc1nccc(C(=O)N2CCN(CC(F)(F)F)CC(C)C2)n1. The van der Waals surface area contributed by atoms with E-state index in [0.717, 1.165) is 0 Å². The van der Waals surface area contributed by atoms with E-state index in [1.54, 1.807) is 11.8 Å². The van der Waals surface area contributed by atoms with Crippen molar-refractivity contribution in [2.75, 3.05) is 32.7 Å². The third kappa shape index (κ3) is 4.66. The van der Waals surface area contributed by atoms with Crippen molar-refractivity contribution in [1.82, 2.24) is 19.8 Å². The number of aryl methyl sites for hydroxylation is 1. The third-order valence-electron chi connectivity index (χ3n) is 3.47. The van der Waals surface area contributed by atoms with Gasteiger partial charge in [-0.25, -0.2) is 9.97 Å². The van der Waals surface area contributed by atoms with Crippen molar-refractivity contribution in [1.29, 1.82) is 0 Å². The van der Waals surface area contributed by atoms with E-state index in [2.05, 4.69) is 9.97 Å². The number of hydrogen-bond donors (Lipinski definition) is 0. The van der Waals surface area contributed by atoms with Crippen LogP contribution in [0.4, 0.5) is 13.2 Å². The molecular formula is C14H19F3N4O. The molecule has 2 heterocycles. The summed E-state index contributed by atoms with van der Waals surface area (Å²) >= 11 is 0. The second kappa shape index (κ2) is 6.60. The lowest BCUT2D eigenvalue weighted by molar-refractivity contribution is -0.146. The minimum Gasteiger partial charge on any atom is -0.336 e. The van der Waals surface area contributed by atoms with Gasteiger partial charge in [0.2, 0.25) is 0 Å². The average Bonchev–Trinajstić information content (AvgIpc) is 2.57. The van der Waals surface area contributed by atoms with Crippen molar-refractivity contribution in [3.05, 3.63) is 23.8 Å². The molecule has 1 saturated heterocycles. The first-order valence-corrected chi connectivity index (χ1v) is 7.12. The molecule has 0 bridgehead atoms. The number of nitrogens with zero attached hydrogens (tertiary/aromatic N) is 4. The largest absolute Gasteiger partial charge is 0.401 e. The highest BCUT2D eigenvalue weighted by molar-refractivity contribution is 5.92. The Hall–Kier alpha value is -1.70. The molecule has 1 fully saturated rings. The lowest BCUT2D eigenvalue weighted by atomic mass is 10.1. The Balaban J connectivity index is 2.05. The van der Waals surface area contributed by atoms with Gasteiger partial charge in [-0.2, -0.15) is 13.2 Å². The van der Waals surface area contributed by atoms with Crippen LogP contribution < -0.4 is 0 Å². The number of rotatable bonds is 2. The molecule has 1 aliphatic rings. The second-order valence-electron chi connectivity index (χ2n) is 5.70. The minimum absolute atomic E-state index is 0.0308. The van der Waals surface area contributed by atoms with Crippen LogP contribution in [0.15, 0.2) is 12.3 Å². The van der Waals surface area contributed by atoms with Gasteiger partial charge in [0.25, 0.3) is 5.91 Å². The van der Waals surface area contributed by atoms with Crippen molar-refractivity contribution < 1.29 is 18.0 Å². The van der Waals surface area contributed by atoms with Gasteiger partial charge in [-0.05, 0) is 18.9 Å². The molecule has 0 radical (unpaired) electrons. The van der Waals surface area contributed by atoms with Crippen molar-refractivity contribution in [2.45, 2.75) is 20.0 Å². The number of hydrogen-bond acceptors (Lipinski definition) is 4. The number of aromatic nitrogens is 2. The summed E-state index contributed by atoms with van der Waals surface area (Å²) in [6, 6.07) is 1.53. The van der Waals surface area contributed by atoms with Crippen LogP contribution in [0, 0.1) is 12.8 Å². The summed E-state index contributed by atoms with van der Waals surface area (Å²) < 4.78 is 37.6. The first-order chi connectivity index (χ1) is 10.2. The molecule has 5 nitrogen and oxygen atoms in total. The normalized spacial score (nSPS) is 20.8. The predicted molar refractivity (Wildman–Crippen MR) is 74.3 cm³/mol. The van der Waals surface area contributed by atoms with Crippen LogP contribution in [0.3, 0.4) is 0 Å². The van der Waals surface area contributed by atoms with Gasteiger partial charge in [0.15, 0.2) is 0 Å². The Kier molecular flexibility index (Phi) is 5.00. The maximum Gasteiger partial charge on any atom is 0.401 e. The molecule has 1 aliphatic heterocycles. The van der Waals surface area contributed by atoms with Gasteiger partial charge in [-0.3, -0.25) is 9.69 Å². The molecule has 122 valence electrons. The van der Waals surface area contributed by atoms with Crippen molar-refractivity contribution >= 4 is 5.91 Å². The van der Waals surface area contributed by atoms with E-state index in [1.807, 2.05) is 6.92 Å². The molecule has 0 aromatic carbocycles. The highest BCUT2D eigenvalue weighted by Gasteiger charge is 2.33. The van der Waals surface area contributed by atoms with Crippen LogP contribution in [0.5, 0.6) is 0 Å². The van der Waals surface area contributed by atoms with Gasteiger partial charge in [0, 0.05) is 32.4 Å². The zero-order chi connectivity index (χ0) is 16.3. The average molecular weight is 316 g/mol. The van der Waals surface area contributed by atoms with Crippen molar-refractivity contribution in [3.63, 3.8) is 0 Å². The molecule has 0 N–H and O–H groups in total. The van der Waals surface area contributed by atoms with Gasteiger partial charge in [-0.1, -0.05) is 6.92 Å². The number of halogens is 3. The Labute approximate surface area is 127 Å². The molecule has 0 saturated carbocycles. The summed E-state index contributed by atoms with van der Waals surface area (Å²) in [6.07, 6.45) is -2.71. The zero-order valence-electron chi connectivity index (χ0n) is 12.6. The van der Waals surface area contributed by atoms with Crippen LogP contribution >= 0.6 is 0 Å². The number of carbonyl (C=O) groups is 1. The van der Waals surface area contributed by atoms with E-state index in [0.29, 0.717) is 18.9 Å². The van der Waals surface area contributed by atoms with E-state index < -0.39 is 12.7 Å². The number of alkyl halides is 3. The molecule has 1 aromatic heterocycles. The topological polar surface area (TPSA) is 49.3 Å². The molecule has 1 unspecified atom stereocenters. The van der Waals surface area contributed by atoms with Gasteiger partial charge >= 0.3 is 6.18 Å². The lowest BCUT2D eigenvalue weighted by Gasteiger charge is -2.22. The fourth-order valence-electron chi connectivity index (χ4n) is 2.64. The molecule has 0 aliphatic carbocycles. The minimum atomic E-state index is -4.22. The smallest absolute Gasteiger partial charge is 0.336 e. The summed E-state index contributed by atoms with van der Waals surface area (Å²) in [6.45, 7) is 3.82. The van der Waals surface area contributed by atoms with Crippen LogP contribution in [-0.4, -0.2) is 64.6 Å². The van der Waals surface area contributed by atoms with Gasteiger partial charge in [0.05, 0.1) is 6.54 Å². The van der Waals surface area contributed by atoms with E-state index in [-0.39, 0.29) is 30.6 Å². The zero-order valence-corrected chi connectivity index (χ0v) is 12.6. The Bertz CT molecular complexity index is 535. The van der Waals surface area contributed by atoms with E-state index in [1.165, 1.54) is 17.2 Å². The maximum atomic E-state index is 12.5. The first-order valence-electron chi connectivity index (χ1n) is 7.12. The lowest BCUT2D eigenvalue weighted by Crippen LogP contribution is -2.38. The highest BCUT2D eigenvalue weighted by Crippen LogP contribution is 2.19. The fraction of sp³-hybridized carbons (Fsp3) is 0.643. The monoisotopic (exact) mass is 316 g/mol. The molecular weight excluding hydrogens is 297 g/mol. The molecule has 22 heavy (non-hydrogen) atoms. The second-order valence-corrected chi connectivity index (χ2v) is 5.70. The molecule has 1 atom stereocenters. The van der Waals surface area contributed by atoms with Gasteiger partial charge in [-0.15, -0.1) is 0 Å². The van der Waals surface area contributed by atoms with E-state index in [9.17, 15) is 18.0 Å². The van der Waals surface area contributed by atoms with Crippen LogP contribution in [0.25, 0.3) is 0 Å². The van der Waals surface area contributed by atoms with Gasteiger partial charge in [0.1, 0.15) is 11.5 Å². The summed E-state index contributed by atoms with van der Waals surface area (Å²) in [5.41, 5.74) is 0.281. The van der Waals surface area contributed by atoms with Gasteiger partial charge < -0.3 is 4.90 Å². The first kappa shape index (κ1) is 16.7. The van der Waals surface area contributed by atoms with Crippen LogP contribution in [-0.2, 0) is 0 Å². The Morgan fingerprint density at radius 3 is 2.73 bits per heavy atom. The summed E-state index contributed by atoms with van der Waals surface area (Å²) in [7, 11) is 0. The molecule has 1 aromatic rings. The molecule has 1 amide bonds. The summed E-state index contributed by atoms with van der Waals surface area (Å²) in [5, 5.41) is 0. The predicted octanol–water partition coefficient (Wildman–Crippen LogP) is 1.74. The Morgan fingerprint density at radius 2 is 2.09 bits per heavy atom. The third-order valence-corrected chi connectivity index (χ3v) is 3.47.